The standard InChI is InChI=1S/C16H24FNO/c1-11-6-4-5-7-15(11)18-12(2)14-10-13(17)8-9-16(14)19-3/h8-12,15,18H,4-7H2,1-3H3. The van der Waals surface area contributed by atoms with Crippen LogP contribution >= 0.6 is 0 Å². The van der Waals surface area contributed by atoms with Gasteiger partial charge in [0.05, 0.1) is 7.11 Å². The van der Waals surface area contributed by atoms with Crippen LogP contribution in [0.1, 0.15) is 51.1 Å². The molecule has 1 saturated carbocycles. The first-order valence-electron chi connectivity index (χ1n) is 7.21. The zero-order chi connectivity index (χ0) is 13.8. The third-order valence-corrected chi connectivity index (χ3v) is 4.23. The third kappa shape index (κ3) is 3.47. The van der Waals surface area contributed by atoms with Crippen LogP contribution in [0, 0.1) is 11.7 Å². The van der Waals surface area contributed by atoms with E-state index in [2.05, 4.69) is 19.2 Å². The highest BCUT2D eigenvalue weighted by atomic mass is 19.1. The highest BCUT2D eigenvalue weighted by Gasteiger charge is 2.24. The Labute approximate surface area is 115 Å². The van der Waals surface area contributed by atoms with E-state index in [1.807, 2.05) is 0 Å². The van der Waals surface area contributed by atoms with Gasteiger partial charge in [-0.1, -0.05) is 19.8 Å². The van der Waals surface area contributed by atoms with Crippen molar-refractivity contribution in [3.05, 3.63) is 29.6 Å². The lowest BCUT2D eigenvalue weighted by molar-refractivity contribution is 0.261. The molecular formula is C16H24FNO. The molecule has 1 aliphatic carbocycles. The summed E-state index contributed by atoms with van der Waals surface area (Å²) in [4.78, 5) is 0. The molecule has 1 aromatic carbocycles. The monoisotopic (exact) mass is 265 g/mol. The average Bonchev–Trinajstić information content (AvgIpc) is 2.41. The van der Waals surface area contributed by atoms with Gasteiger partial charge in [0.2, 0.25) is 0 Å². The van der Waals surface area contributed by atoms with Gasteiger partial charge in [-0.05, 0) is 43.9 Å². The first-order valence-corrected chi connectivity index (χ1v) is 7.21. The Hall–Kier alpha value is -1.09. The van der Waals surface area contributed by atoms with Gasteiger partial charge in [0, 0.05) is 17.6 Å². The lowest BCUT2D eigenvalue weighted by Gasteiger charge is -2.32. The molecule has 3 unspecified atom stereocenters. The lowest BCUT2D eigenvalue weighted by Crippen LogP contribution is -2.38. The van der Waals surface area contributed by atoms with Gasteiger partial charge in [0.25, 0.3) is 0 Å². The van der Waals surface area contributed by atoms with Crippen LogP contribution in [-0.4, -0.2) is 13.2 Å². The van der Waals surface area contributed by atoms with Gasteiger partial charge < -0.3 is 10.1 Å². The number of hydrogen-bond acceptors (Lipinski definition) is 2. The quantitative estimate of drug-likeness (QED) is 0.886. The van der Waals surface area contributed by atoms with Crippen molar-refractivity contribution < 1.29 is 9.13 Å². The summed E-state index contributed by atoms with van der Waals surface area (Å²) in [6.07, 6.45) is 5.11. The fraction of sp³-hybridized carbons (Fsp3) is 0.625. The molecule has 0 bridgehead atoms. The van der Waals surface area contributed by atoms with Crippen molar-refractivity contribution in [1.29, 1.82) is 0 Å². The van der Waals surface area contributed by atoms with E-state index in [0.29, 0.717) is 12.0 Å². The van der Waals surface area contributed by atoms with E-state index in [9.17, 15) is 4.39 Å². The van der Waals surface area contributed by atoms with Gasteiger partial charge in [0.1, 0.15) is 11.6 Å². The zero-order valence-electron chi connectivity index (χ0n) is 12.1. The lowest BCUT2D eigenvalue weighted by atomic mass is 9.85. The smallest absolute Gasteiger partial charge is 0.123 e. The van der Waals surface area contributed by atoms with Crippen LogP contribution in [0.2, 0.25) is 0 Å². The van der Waals surface area contributed by atoms with Crippen LogP contribution in [0.25, 0.3) is 0 Å². The van der Waals surface area contributed by atoms with Crippen LogP contribution in [0.15, 0.2) is 18.2 Å². The van der Waals surface area contributed by atoms with E-state index < -0.39 is 0 Å². The van der Waals surface area contributed by atoms with Crippen molar-refractivity contribution in [2.24, 2.45) is 5.92 Å². The molecule has 0 spiro atoms. The Morgan fingerprint density at radius 2 is 2.05 bits per heavy atom. The summed E-state index contributed by atoms with van der Waals surface area (Å²) in [7, 11) is 1.63. The Morgan fingerprint density at radius 1 is 1.32 bits per heavy atom. The summed E-state index contributed by atoms with van der Waals surface area (Å²) in [6, 6.07) is 5.35. The molecule has 3 atom stereocenters. The fourth-order valence-electron chi connectivity index (χ4n) is 3.02. The van der Waals surface area contributed by atoms with Crippen molar-refractivity contribution in [2.75, 3.05) is 7.11 Å². The SMILES string of the molecule is COc1ccc(F)cc1C(C)NC1CCCCC1C. The third-order valence-electron chi connectivity index (χ3n) is 4.23. The van der Waals surface area contributed by atoms with E-state index in [0.717, 1.165) is 11.3 Å². The Morgan fingerprint density at radius 3 is 2.74 bits per heavy atom. The molecule has 106 valence electrons. The molecule has 0 aliphatic heterocycles. The number of benzene rings is 1. The maximum absolute atomic E-state index is 13.4. The van der Waals surface area contributed by atoms with E-state index in [1.165, 1.54) is 31.7 Å². The molecule has 2 nitrogen and oxygen atoms in total. The van der Waals surface area contributed by atoms with Crippen LogP contribution in [0.3, 0.4) is 0 Å². The van der Waals surface area contributed by atoms with Gasteiger partial charge in [0.15, 0.2) is 0 Å². The summed E-state index contributed by atoms with van der Waals surface area (Å²) < 4.78 is 18.7. The van der Waals surface area contributed by atoms with E-state index in [1.54, 1.807) is 19.2 Å². The molecule has 3 heteroatoms. The number of methoxy groups -OCH3 is 1. The van der Waals surface area contributed by atoms with Gasteiger partial charge >= 0.3 is 0 Å². The van der Waals surface area contributed by atoms with E-state index in [-0.39, 0.29) is 11.9 Å². The van der Waals surface area contributed by atoms with Crippen molar-refractivity contribution >= 4 is 0 Å². The summed E-state index contributed by atoms with van der Waals surface area (Å²) >= 11 is 0. The molecule has 1 aromatic rings. The van der Waals surface area contributed by atoms with Crippen molar-refractivity contribution in [2.45, 2.75) is 51.6 Å². The minimum atomic E-state index is -0.207. The van der Waals surface area contributed by atoms with E-state index >= 15 is 0 Å². The Kier molecular flexibility index (Phi) is 4.81. The van der Waals surface area contributed by atoms with Crippen molar-refractivity contribution in [3.63, 3.8) is 0 Å². The molecule has 1 N–H and O–H groups in total. The largest absolute Gasteiger partial charge is 0.496 e. The van der Waals surface area contributed by atoms with Crippen LogP contribution in [0.5, 0.6) is 5.75 Å². The van der Waals surface area contributed by atoms with Gasteiger partial charge in [-0.2, -0.15) is 0 Å². The molecule has 0 saturated heterocycles. The normalized spacial score (nSPS) is 25.1. The summed E-state index contributed by atoms with van der Waals surface area (Å²) in [5.74, 6) is 1.24. The highest BCUT2D eigenvalue weighted by molar-refractivity contribution is 5.36. The van der Waals surface area contributed by atoms with Crippen molar-refractivity contribution in [3.8, 4) is 5.75 Å². The second kappa shape index (κ2) is 6.38. The maximum Gasteiger partial charge on any atom is 0.123 e. The minimum absolute atomic E-state index is 0.108. The summed E-state index contributed by atoms with van der Waals surface area (Å²) in [5.41, 5.74) is 0.903. The zero-order valence-corrected chi connectivity index (χ0v) is 12.1. The van der Waals surface area contributed by atoms with Crippen molar-refractivity contribution in [1.82, 2.24) is 5.32 Å². The topological polar surface area (TPSA) is 21.3 Å². The molecule has 0 radical (unpaired) electrons. The van der Waals surface area contributed by atoms with Gasteiger partial charge in [-0.25, -0.2) is 4.39 Å². The summed E-state index contributed by atoms with van der Waals surface area (Å²) in [6.45, 7) is 4.38. The summed E-state index contributed by atoms with van der Waals surface area (Å²) in [5, 5.41) is 3.64. The first kappa shape index (κ1) is 14.3. The Balaban J connectivity index is 2.10. The highest BCUT2D eigenvalue weighted by Crippen LogP contribution is 2.30. The minimum Gasteiger partial charge on any atom is -0.496 e. The molecule has 0 aromatic heterocycles. The predicted molar refractivity (Wildman–Crippen MR) is 75.9 cm³/mol. The molecule has 0 heterocycles. The average molecular weight is 265 g/mol. The predicted octanol–water partition coefficient (Wildman–Crippen LogP) is 4.06. The van der Waals surface area contributed by atoms with Crippen LogP contribution in [-0.2, 0) is 0 Å². The molecule has 1 aliphatic rings. The molecule has 1 fully saturated rings. The van der Waals surface area contributed by atoms with Gasteiger partial charge in [-0.15, -0.1) is 0 Å². The van der Waals surface area contributed by atoms with Gasteiger partial charge in [-0.3, -0.25) is 0 Å². The Bertz CT molecular complexity index is 421. The maximum atomic E-state index is 13.4. The number of nitrogens with one attached hydrogen (secondary N) is 1. The van der Waals surface area contributed by atoms with Crippen LogP contribution < -0.4 is 10.1 Å². The number of hydrogen-bond donors (Lipinski definition) is 1. The second-order valence-electron chi connectivity index (χ2n) is 5.64. The molecule has 2 rings (SSSR count). The number of ether oxygens (including phenoxy) is 1. The number of rotatable bonds is 4. The molecule has 0 amide bonds. The first-order chi connectivity index (χ1) is 9.11. The molecular weight excluding hydrogens is 241 g/mol. The van der Waals surface area contributed by atoms with Crippen LogP contribution in [0.4, 0.5) is 4.39 Å². The second-order valence-corrected chi connectivity index (χ2v) is 5.64. The molecule has 19 heavy (non-hydrogen) atoms. The fourth-order valence-corrected chi connectivity index (χ4v) is 3.02. The number of halogens is 1. The van der Waals surface area contributed by atoms with E-state index in [4.69, 9.17) is 4.74 Å².